The number of carbonyl (C=O) groups is 3. The summed E-state index contributed by atoms with van der Waals surface area (Å²) >= 11 is 0. The maximum absolute atomic E-state index is 12.9. The minimum Gasteiger partial charge on any atom is -0.462 e. The van der Waals surface area contributed by atoms with Gasteiger partial charge >= 0.3 is 17.9 Å². The molecule has 6 nitrogen and oxygen atoms in total. The van der Waals surface area contributed by atoms with Crippen molar-refractivity contribution in [2.75, 3.05) is 13.2 Å². The molecule has 0 fully saturated rings. The zero-order chi connectivity index (χ0) is 52.6. The summed E-state index contributed by atoms with van der Waals surface area (Å²) in [6.45, 7) is 13.8. The molecule has 0 aromatic carbocycles. The Bertz CT molecular complexity index is 1120. The molecule has 0 heterocycles. The quantitative estimate of drug-likeness (QED) is 0.0343. The first-order valence-corrected chi connectivity index (χ1v) is 32.6. The van der Waals surface area contributed by atoms with Crippen LogP contribution in [0.1, 0.15) is 369 Å². The number of rotatable bonds is 59. The molecule has 0 saturated heterocycles. The molecule has 0 unspecified atom stereocenters. The fourth-order valence-corrected chi connectivity index (χ4v) is 10.2. The number of hydrogen-bond donors (Lipinski definition) is 0. The average Bonchev–Trinajstić information content (AvgIpc) is 3.34. The Morgan fingerprint density at radius 2 is 0.403 bits per heavy atom. The number of carbonyl (C=O) groups excluding carboxylic acids is 3. The Hall–Kier alpha value is -1.59. The van der Waals surface area contributed by atoms with E-state index in [9.17, 15) is 14.4 Å². The Morgan fingerprint density at radius 1 is 0.236 bits per heavy atom. The summed E-state index contributed by atoms with van der Waals surface area (Å²) < 4.78 is 17.0. The fraction of sp³-hybridized carbons (Fsp3) is 0.955. The van der Waals surface area contributed by atoms with E-state index < -0.39 is 6.10 Å². The summed E-state index contributed by atoms with van der Waals surface area (Å²) in [7, 11) is 0. The largest absolute Gasteiger partial charge is 0.462 e. The summed E-state index contributed by atoms with van der Waals surface area (Å²) in [5.41, 5.74) is 0. The fourth-order valence-electron chi connectivity index (χ4n) is 10.2. The van der Waals surface area contributed by atoms with Crippen LogP contribution in [0.15, 0.2) is 0 Å². The van der Waals surface area contributed by atoms with Crippen molar-refractivity contribution < 1.29 is 28.6 Å². The summed E-state index contributed by atoms with van der Waals surface area (Å²) in [5, 5.41) is 0. The molecular formula is C66H128O6. The second-order valence-corrected chi connectivity index (χ2v) is 24.2. The van der Waals surface area contributed by atoms with Gasteiger partial charge in [-0.1, -0.05) is 330 Å². The van der Waals surface area contributed by atoms with Gasteiger partial charge in [0.1, 0.15) is 13.2 Å². The summed E-state index contributed by atoms with van der Waals surface area (Å²) in [6, 6.07) is 0. The third-order valence-corrected chi connectivity index (χ3v) is 15.1. The van der Waals surface area contributed by atoms with E-state index in [1.807, 2.05) is 0 Å². The van der Waals surface area contributed by atoms with Gasteiger partial charge in [0.05, 0.1) is 0 Å². The molecule has 0 aromatic heterocycles. The van der Waals surface area contributed by atoms with Gasteiger partial charge in [0.2, 0.25) is 0 Å². The van der Waals surface area contributed by atoms with Gasteiger partial charge in [-0.25, -0.2) is 0 Å². The molecule has 0 aliphatic rings. The van der Waals surface area contributed by atoms with Crippen LogP contribution in [0, 0.1) is 17.8 Å². The van der Waals surface area contributed by atoms with Gasteiger partial charge in [-0.15, -0.1) is 0 Å². The molecule has 428 valence electrons. The Morgan fingerprint density at radius 3 is 0.597 bits per heavy atom. The predicted octanol–water partition coefficient (Wildman–Crippen LogP) is 21.8. The van der Waals surface area contributed by atoms with Crippen molar-refractivity contribution in [3.8, 4) is 0 Å². The van der Waals surface area contributed by atoms with Crippen LogP contribution in [0.4, 0.5) is 0 Å². The first-order chi connectivity index (χ1) is 35.1. The van der Waals surface area contributed by atoms with Crippen molar-refractivity contribution in [1.29, 1.82) is 0 Å². The van der Waals surface area contributed by atoms with Gasteiger partial charge in [-0.3, -0.25) is 14.4 Å². The molecule has 0 bridgehead atoms. The normalized spacial score (nSPS) is 12.1. The van der Waals surface area contributed by atoms with E-state index in [2.05, 4.69) is 41.5 Å². The zero-order valence-electron chi connectivity index (χ0n) is 49.7. The third-order valence-electron chi connectivity index (χ3n) is 15.1. The van der Waals surface area contributed by atoms with Crippen LogP contribution in [0.25, 0.3) is 0 Å². The van der Waals surface area contributed by atoms with E-state index >= 15 is 0 Å². The topological polar surface area (TPSA) is 78.9 Å². The third kappa shape index (κ3) is 59.3. The van der Waals surface area contributed by atoms with E-state index in [0.717, 1.165) is 75.5 Å². The van der Waals surface area contributed by atoms with Crippen molar-refractivity contribution in [1.82, 2.24) is 0 Å². The molecule has 1 atom stereocenters. The van der Waals surface area contributed by atoms with Crippen molar-refractivity contribution >= 4 is 17.9 Å². The lowest BCUT2D eigenvalue weighted by Crippen LogP contribution is -2.30. The summed E-state index contributed by atoms with van der Waals surface area (Å²) in [4.78, 5) is 38.4. The minimum absolute atomic E-state index is 0.0623. The van der Waals surface area contributed by atoms with Gasteiger partial charge in [-0.2, -0.15) is 0 Å². The molecule has 0 saturated carbocycles. The Labute approximate surface area is 450 Å². The molecule has 0 aliphatic heterocycles. The molecule has 72 heavy (non-hydrogen) atoms. The van der Waals surface area contributed by atoms with Gasteiger partial charge < -0.3 is 14.2 Å². The predicted molar refractivity (Wildman–Crippen MR) is 312 cm³/mol. The van der Waals surface area contributed by atoms with Crippen molar-refractivity contribution in [3.05, 3.63) is 0 Å². The van der Waals surface area contributed by atoms with Crippen LogP contribution < -0.4 is 0 Å². The smallest absolute Gasteiger partial charge is 0.306 e. The highest BCUT2D eigenvalue weighted by Crippen LogP contribution is 2.19. The second kappa shape index (κ2) is 57.1. The lowest BCUT2D eigenvalue weighted by Gasteiger charge is -2.18. The number of esters is 3. The molecule has 0 spiro atoms. The van der Waals surface area contributed by atoms with E-state index in [0.29, 0.717) is 19.3 Å². The van der Waals surface area contributed by atoms with E-state index in [1.165, 1.54) is 250 Å². The van der Waals surface area contributed by atoms with Crippen LogP contribution >= 0.6 is 0 Å². The molecule has 6 heteroatoms. The van der Waals surface area contributed by atoms with Crippen LogP contribution in [0.5, 0.6) is 0 Å². The highest BCUT2D eigenvalue weighted by Gasteiger charge is 2.19. The standard InChI is InChI=1S/C66H128O6/c1-60(2)52-46-40-34-28-22-16-10-7-8-12-19-25-31-37-43-49-55-64(67)70-58-63(59-71-65(68)56-50-44-38-32-26-20-15-14-18-24-30-36-42-48-54-62(5)6)72-66(69)57-51-45-39-33-27-21-13-9-11-17-23-29-35-41-47-53-61(3)4/h60-63H,7-59H2,1-6H3/t63-/m1/s1. The monoisotopic (exact) mass is 1020 g/mol. The Kier molecular flexibility index (Phi) is 55.9. The summed E-state index contributed by atoms with van der Waals surface area (Å²) in [5.74, 6) is 1.71. The summed E-state index contributed by atoms with van der Waals surface area (Å²) in [6.07, 6.45) is 62.5. The van der Waals surface area contributed by atoms with E-state index in [4.69, 9.17) is 14.2 Å². The SMILES string of the molecule is CC(C)CCCCCCCCCCCCCCCCCCC(=O)OC[C@H](COC(=O)CCCCCCCCCCCCCCCCC(C)C)OC(=O)CCCCCCCCCCCCCCCCCC(C)C. The van der Waals surface area contributed by atoms with Gasteiger partial charge in [0.15, 0.2) is 6.10 Å². The first kappa shape index (κ1) is 70.4. The molecule has 0 N–H and O–H groups in total. The highest BCUT2D eigenvalue weighted by molar-refractivity contribution is 5.71. The molecule has 0 rings (SSSR count). The lowest BCUT2D eigenvalue weighted by molar-refractivity contribution is -0.167. The lowest BCUT2D eigenvalue weighted by atomic mass is 10.0. The van der Waals surface area contributed by atoms with Gasteiger partial charge in [-0.05, 0) is 37.0 Å². The number of hydrogen-bond acceptors (Lipinski definition) is 6. The van der Waals surface area contributed by atoms with Crippen molar-refractivity contribution in [3.63, 3.8) is 0 Å². The van der Waals surface area contributed by atoms with Crippen molar-refractivity contribution in [2.45, 2.75) is 375 Å². The number of unbranched alkanes of at least 4 members (excludes halogenated alkanes) is 42. The molecule has 0 amide bonds. The van der Waals surface area contributed by atoms with Gasteiger partial charge in [0, 0.05) is 19.3 Å². The van der Waals surface area contributed by atoms with Crippen LogP contribution in [-0.2, 0) is 28.6 Å². The molecular weight excluding hydrogens is 889 g/mol. The van der Waals surface area contributed by atoms with Crippen molar-refractivity contribution in [2.24, 2.45) is 17.8 Å². The average molecular weight is 1020 g/mol. The van der Waals surface area contributed by atoms with Crippen LogP contribution in [-0.4, -0.2) is 37.2 Å². The highest BCUT2D eigenvalue weighted by atomic mass is 16.6. The Balaban J connectivity index is 4.29. The van der Waals surface area contributed by atoms with Crippen LogP contribution in [0.2, 0.25) is 0 Å². The van der Waals surface area contributed by atoms with E-state index in [-0.39, 0.29) is 31.1 Å². The maximum atomic E-state index is 12.9. The second-order valence-electron chi connectivity index (χ2n) is 24.2. The van der Waals surface area contributed by atoms with Gasteiger partial charge in [0.25, 0.3) is 0 Å². The number of ether oxygens (including phenoxy) is 3. The van der Waals surface area contributed by atoms with Crippen LogP contribution in [0.3, 0.4) is 0 Å². The zero-order valence-corrected chi connectivity index (χ0v) is 49.7. The van der Waals surface area contributed by atoms with E-state index in [1.54, 1.807) is 0 Å². The molecule has 0 radical (unpaired) electrons. The minimum atomic E-state index is -0.765. The molecule has 0 aromatic rings. The first-order valence-electron chi connectivity index (χ1n) is 32.6. The molecule has 0 aliphatic carbocycles. The maximum Gasteiger partial charge on any atom is 0.306 e.